The van der Waals surface area contributed by atoms with Gasteiger partial charge >= 0.3 is 0 Å². The minimum Gasteiger partial charge on any atom is -0.496 e. The summed E-state index contributed by atoms with van der Waals surface area (Å²) in [7, 11) is 1.50. The van der Waals surface area contributed by atoms with E-state index in [9.17, 15) is 9.59 Å². The van der Waals surface area contributed by atoms with Gasteiger partial charge in [0.2, 0.25) is 5.91 Å². The van der Waals surface area contributed by atoms with Gasteiger partial charge in [-0.25, -0.2) is 0 Å². The van der Waals surface area contributed by atoms with Crippen LogP contribution in [-0.2, 0) is 9.53 Å². The number of nitrogens with one attached hydrogen (secondary N) is 2. The minimum atomic E-state index is -0.239. The summed E-state index contributed by atoms with van der Waals surface area (Å²) in [5.74, 6) is -0.0733. The second-order valence-electron chi connectivity index (χ2n) is 8.85. The van der Waals surface area contributed by atoms with E-state index in [1.54, 1.807) is 12.1 Å². The Balaban J connectivity index is 1.61. The van der Waals surface area contributed by atoms with E-state index in [1.807, 2.05) is 0 Å². The number of methoxy groups -OCH3 is 1. The van der Waals surface area contributed by atoms with E-state index >= 15 is 0 Å². The molecule has 0 aliphatic carbocycles. The number of morpholine rings is 1. The average Bonchev–Trinajstić information content (AvgIpc) is 2.74. The van der Waals surface area contributed by atoms with Gasteiger partial charge in [0, 0.05) is 31.1 Å². The molecule has 2 atom stereocenters. The third-order valence-electron chi connectivity index (χ3n) is 6.37. The highest BCUT2D eigenvalue weighted by molar-refractivity contribution is 6.34. The molecule has 2 bridgehead atoms. The number of benzene rings is 1. The van der Waals surface area contributed by atoms with Crippen molar-refractivity contribution >= 4 is 29.1 Å². The van der Waals surface area contributed by atoms with Crippen LogP contribution < -0.4 is 15.4 Å². The second-order valence-corrected chi connectivity index (χ2v) is 9.26. The molecule has 8 heteroatoms. The van der Waals surface area contributed by atoms with Crippen molar-refractivity contribution in [1.29, 1.82) is 0 Å². The summed E-state index contributed by atoms with van der Waals surface area (Å²) >= 11 is 6.29. The molecule has 7 nitrogen and oxygen atoms in total. The van der Waals surface area contributed by atoms with Crippen LogP contribution in [0, 0.1) is 0 Å². The first-order chi connectivity index (χ1) is 15.4. The summed E-state index contributed by atoms with van der Waals surface area (Å²) in [6, 6.07) is 3.90. The number of nitrogens with zero attached hydrogens (tertiary/aromatic N) is 1. The zero-order chi connectivity index (χ0) is 23.1. The molecule has 2 amide bonds. The molecule has 0 radical (unpaired) electrons. The van der Waals surface area contributed by atoms with Crippen molar-refractivity contribution in [3.8, 4) is 5.75 Å². The van der Waals surface area contributed by atoms with Crippen molar-refractivity contribution in [2.24, 2.45) is 0 Å². The van der Waals surface area contributed by atoms with Crippen LogP contribution in [0.4, 0.5) is 5.69 Å². The SMILES string of the molecule is CCCCCCCN1C2COCC1CC(NC(=O)c1cc(Cl)c(NC(C)=O)cc1OC)C2. The largest absolute Gasteiger partial charge is 0.496 e. The Morgan fingerprint density at radius 2 is 1.84 bits per heavy atom. The standard InChI is InChI=1S/C24H36ClN3O4/c1-4-5-6-7-8-9-28-18-10-17(11-19(28)15-32-14-18)27-24(30)20-12-21(25)22(26-16(2)29)13-23(20)31-3/h12-13,17-19H,4-11,14-15H2,1-3H3,(H,26,29)(H,27,30). The second kappa shape index (κ2) is 11.9. The Morgan fingerprint density at radius 1 is 1.16 bits per heavy atom. The number of hydrogen-bond acceptors (Lipinski definition) is 5. The molecule has 178 valence electrons. The summed E-state index contributed by atoms with van der Waals surface area (Å²) in [6.45, 7) is 6.19. The maximum absolute atomic E-state index is 13.1. The summed E-state index contributed by atoms with van der Waals surface area (Å²) in [6.07, 6.45) is 8.12. The molecule has 2 aliphatic rings. The van der Waals surface area contributed by atoms with Crippen LogP contribution in [0.5, 0.6) is 5.75 Å². The van der Waals surface area contributed by atoms with Gasteiger partial charge in [0.15, 0.2) is 0 Å². The van der Waals surface area contributed by atoms with Crippen molar-refractivity contribution in [2.75, 3.05) is 32.2 Å². The van der Waals surface area contributed by atoms with Crippen LogP contribution >= 0.6 is 11.6 Å². The van der Waals surface area contributed by atoms with Crippen LogP contribution in [0.25, 0.3) is 0 Å². The Kier molecular flexibility index (Phi) is 9.20. The molecule has 1 aromatic rings. The van der Waals surface area contributed by atoms with Gasteiger partial charge in [-0.15, -0.1) is 0 Å². The molecular weight excluding hydrogens is 430 g/mol. The van der Waals surface area contributed by atoms with Crippen molar-refractivity contribution < 1.29 is 19.1 Å². The zero-order valence-electron chi connectivity index (χ0n) is 19.4. The van der Waals surface area contributed by atoms with E-state index < -0.39 is 0 Å². The summed E-state index contributed by atoms with van der Waals surface area (Å²) < 4.78 is 11.2. The lowest BCUT2D eigenvalue weighted by molar-refractivity contribution is -0.114. The topological polar surface area (TPSA) is 79.9 Å². The van der Waals surface area contributed by atoms with Gasteiger partial charge in [-0.1, -0.05) is 44.2 Å². The fraction of sp³-hybridized carbons (Fsp3) is 0.667. The monoisotopic (exact) mass is 465 g/mol. The number of ether oxygens (including phenoxy) is 2. The molecule has 0 spiro atoms. The lowest BCUT2D eigenvalue weighted by Gasteiger charge is -2.48. The van der Waals surface area contributed by atoms with Crippen molar-refractivity contribution in [3.05, 3.63) is 22.7 Å². The number of carbonyl (C=O) groups is 2. The number of carbonyl (C=O) groups excluding carboxylic acids is 2. The molecule has 3 rings (SSSR count). The van der Waals surface area contributed by atoms with E-state index in [4.69, 9.17) is 21.1 Å². The molecule has 32 heavy (non-hydrogen) atoms. The Hall–Kier alpha value is -1.83. The summed E-state index contributed by atoms with van der Waals surface area (Å²) in [5, 5.41) is 6.14. The highest BCUT2D eigenvalue weighted by Gasteiger charge is 2.39. The molecule has 2 aliphatic heterocycles. The van der Waals surface area contributed by atoms with Crippen LogP contribution in [0.2, 0.25) is 5.02 Å². The smallest absolute Gasteiger partial charge is 0.255 e. The van der Waals surface area contributed by atoms with Gasteiger partial charge in [-0.3, -0.25) is 14.5 Å². The predicted octanol–water partition coefficient (Wildman–Crippen LogP) is 4.24. The zero-order valence-corrected chi connectivity index (χ0v) is 20.2. The number of rotatable bonds is 10. The maximum atomic E-state index is 13.1. The number of fused-ring (bicyclic) bond motifs is 2. The van der Waals surface area contributed by atoms with Crippen LogP contribution in [0.15, 0.2) is 12.1 Å². The van der Waals surface area contributed by atoms with Crippen LogP contribution in [0.3, 0.4) is 0 Å². The van der Waals surface area contributed by atoms with E-state index in [2.05, 4.69) is 22.5 Å². The predicted molar refractivity (Wildman–Crippen MR) is 127 cm³/mol. The number of piperidine rings is 1. The van der Waals surface area contributed by atoms with Crippen molar-refractivity contribution in [3.63, 3.8) is 0 Å². The van der Waals surface area contributed by atoms with E-state index in [1.165, 1.54) is 46.1 Å². The van der Waals surface area contributed by atoms with Gasteiger partial charge in [0.05, 0.1) is 36.6 Å². The van der Waals surface area contributed by atoms with E-state index in [-0.39, 0.29) is 17.9 Å². The fourth-order valence-corrected chi connectivity index (χ4v) is 5.03. The first-order valence-corrected chi connectivity index (χ1v) is 12.1. The summed E-state index contributed by atoms with van der Waals surface area (Å²) in [5.41, 5.74) is 0.790. The Morgan fingerprint density at radius 3 is 2.47 bits per heavy atom. The quantitative estimate of drug-likeness (QED) is 0.505. The van der Waals surface area contributed by atoms with Gasteiger partial charge in [-0.05, 0) is 31.9 Å². The molecule has 2 unspecified atom stereocenters. The molecule has 2 fully saturated rings. The number of unbranched alkanes of at least 4 members (excludes halogenated alkanes) is 4. The van der Waals surface area contributed by atoms with Crippen molar-refractivity contribution in [1.82, 2.24) is 10.2 Å². The molecule has 0 aromatic heterocycles. The third kappa shape index (κ3) is 6.36. The third-order valence-corrected chi connectivity index (χ3v) is 6.68. The first-order valence-electron chi connectivity index (χ1n) is 11.7. The Labute approximate surface area is 196 Å². The van der Waals surface area contributed by atoms with E-state index in [0.29, 0.717) is 34.1 Å². The van der Waals surface area contributed by atoms with Gasteiger partial charge in [0.25, 0.3) is 5.91 Å². The lowest BCUT2D eigenvalue weighted by Crippen LogP contribution is -2.60. The molecule has 2 saturated heterocycles. The van der Waals surface area contributed by atoms with Crippen LogP contribution in [0.1, 0.15) is 69.2 Å². The average molecular weight is 466 g/mol. The normalized spacial score (nSPS) is 22.9. The van der Waals surface area contributed by atoms with Gasteiger partial charge < -0.3 is 20.1 Å². The molecule has 2 N–H and O–H groups in total. The summed E-state index contributed by atoms with van der Waals surface area (Å²) in [4.78, 5) is 27.0. The van der Waals surface area contributed by atoms with E-state index in [0.717, 1.165) is 32.6 Å². The fourth-order valence-electron chi connectivity index (χ4n) is 4.82. The minimum absolute atomic E-state index is 0.0799. The number of halogens is 1. The maximum Gasteiger partial charge on any atom is 0.255 e. The molecular formula is C24H36ClN3O4. The first kappa shape index (κ1) is 24.8. The Bertz CT molecular complexity index is 790. The number of amides is 2. The van der Waals surface area contributed by atoms with Gasteiger partial charge in [-0.2, -0.15) is 0 Å². The molecule has 2 heterocycles. The highest BCUT2D eigenvalue weighted by Crippen LogP contribution is 2.32. The highest BCUT2D eigenvalue weighted by atomic mass is 35.5. The number of hydrogen-bond donors (Lipinski definition) is 2. The van der Waals surface area contributed by atoms with Crippen LogP contribution in [-0.4, -0.2) is 61.7 Å². The van der Waals surface area contributed by atoms with Crippen molar-refractivity contribution in [2.45, 2.75) is 76.9 Å². The van der Waals surface area contributed by atoms with Gasteiger partial charge in [0.1, 0.15) is 5.75 Å². The molecule has 0 saturated carbocycles. The number of anilines is 1. The lowest BCUT2D eigenvalue weighted by atomic mass is 9.89. The molecule has 1 aromatic carbocycles.